The van der Waals surface area contributed by atoms with Gasteiger partial charge >= 0.3 is 0 Å². The summed E-state index contributed by atoms with van der Waals surface area (Å²) < 4.78 is 10.7. The Kier molecular flexibility index (Phi) is 6.85. The third-order valence-corrected chi connectivity index (χ3v) is 2.86. The van der Waals surface area contributed by atoms with Crippen molar-refractivity contribution in [2.24, 2.45) is 0 Å². The standard InChI is InChI=1S/C12H17BrN2O3/c1-17-7-5-15(6-8-18-2)12(16)10-3-4-11(13)14-9-10/h3-4,9H,5-8H2,1-2H3. The van der Waals surface area contributed by atoms with E-state index in [-0.39, 0.29) is 5.91 Å². The molecule has 1 heterocycles. The van der Waals surface area contributed by atoms with Crippen LogP contribution >= 0.6 is 15.9 Å². The molecule has 5 nitrogen and oxygen atoms in total. The largest absolute Gasteiger partial charge is 0.383 e. The Labute approximate surface area is 115 Å². The van der Waals surface area contributed by atoms with Crippen LogP contribution in [0.3, 0.4) is 0 Å². The second-order valence-corrected chi connectivity index (χ2v) is 4.46. The lowest BCUT2D eigenvalue weighted by molar-refractivity contribution is 0.0627. The molecular weight excluding hydrogens is 300 g/mol. The van der Waals surface area contributed by atoms with Gasteiger partial charge in [0.1, 0.15) is 4.60 Å². The van der Waals surface area contributed by atoms with E-state index in [4.69, 9.17) is 9.47 Å². The quantitative estimate of drug-likeness (QED) is 0.717. The van der Waals surface area contributed by atoms with Crippen molar-refractivity contribution in [3.05, 3.63) is 28.5 Å². The van der Waals surface area contributed by atoms with Crippen LogP contribution in [-0.4, -0.2) is 56.3 Å². The van der Waals surface area contributed by atoms with Crippen LogP contribution in [0.25, 0.3) is 0 Å². The predicted octanol–water partition coefficient (Wildman–Crippen LogP) is 1.58. The number of hydrogen-bond acceptors (Lipinski definition) is 4. The lowest BCUT2D eigenvalue weighted by atomic mass is 10.2. The first-order chi connectivity index (χ1) is 8.69. The number of nitrogens with zero attached hydrogens (tertiary/aromatic N) is 2. The zero-order valence-corrected chi connectivity index (χ0v) is 12.1. The Morgan fingerprint density at radius 1 is 1.28 bits per heavy atom. The van der Waals surface area contributed by atoms with Gasteiger partial charge in [0.2, 0.25) is 0 Å². The minimum absolute atomic E-state index is 0.0656. The van der Waals surface area contributed by atoms with Gasteiger partial charge in [0.15, 0.2) is 0 Å². The molecule has 6 heteroatoms. The predicted molar refractivity (Wildman–Crippen MR) is 71.6 cm³/mol. The molecule has 0 aliphatic rings. The van der Waals surface area contributed by atoms with Gasteiger partial charge in [-0.15, -0.1) is 0 Å². The fourth-order valence-electron chi connectivity index (χ4n) is 1.40. The van der Waals surface area contributed by atoms with E-state index in [2.05, 4.69) is 20.9 Å². The maximum Gasteiger partial charge on any atom is 0.255 e. The van der Waals surface area contributed by atoms with E-state index >= 15 is 0 Å². The van der Waals surface area contributed by atoms with Crippen LogP contribution in [0.2, 0.25) is 0 Å². The summed E-state index contributed by atoms with van der Waals surface area (Å²) >= 11 is 3.24. The molecule has 0 bridgehead atoms. The zero-order valence-electron chi connectivity index (χ0n) is 10.6. The fourth-order valence-corrected chi connectivity index (χ4v) is 1.64. The number of methoxy groups -OCH3 is 2. The van der Waals surface area contributed by atoms with Gasteiger partial charge in [-0.2, -0.15) is 0 Å². The molecule has 0 atom stereocenters. The summed E-state index contributed by atoms with van der Waals surface area (Å²) in [6.45, 7) is 2.07. The lowest BCUT2D eigenvalue weighted by Crippen LogP contribution is -2.36. The molecule has 1 aromatic heterocycles. The summed E-state index contributed by atoms with van der Waals surface area (Å²) in [5.74, 6) is -0.0656. The molecule has 0 N–H and O–H groups in total. The second kappa shape index (κ2) is 8.18. The van der Waals surface area contributed by atoms with E-state index in [9.17, 15) is 4.79 Å². The fraction of sp³-hybridized carbons (Fsp3) is 0.500. The average molecular weight is 317 g/mol. The summed E-state index contributed by atoms with van der Waals surface area (Å²) in [6.07, 6.45) is 1.55. The molecule has 1 rings (SSSR count). The summed E-state index contributed by atoms with van der Waals surface area (Å²) in [5.41, 5.74) is 0.561. The highest BCUT2D eigenvalue weighted by Crippen LogP contribution is 2.09. The van der Waals surface area contributed by atoms with Crippen molar-refractivity contribution >= 4 is 21.8 Å². The highest BCUT2D eigenvalue weighted by Gasteiger charge is 2.15. The SMILES string of the molecule is COCCN(CCOC)C(=O)c1ccc(Br)nc1. The van der Waals surface area contributed by atoms with Crippen molar-refractivity contribution in [2.75, 3.05) is 40.5 Å². The number of carbonyl (C=O) groups excluding carboxylic acids is 1. The monoisotopic (exact) mass is 316 g/mol. The Bertz CT molecular complexity index is 362. The number of rotatable bonds is 7. The van der Waals surface area contributed by atoms with Gasteiger partial charge in [0.25, 0.3) is 5.91 Å². The van der Waals surface area contributed by atoms with Gasteiger partial charge in [-0.1, -0.05) is 0 Å². The maximum atomic E-state index is 12.2. The molecule has 0 radical (unpaired) electrons. The van der Waals surface area contributed by atoms with Crippen LogP contribution in [0.1, 0.15) is 10.4 Å². The zero-order chi connectivity index (χ0) is 13.4. The molecule has 1 aromatic rings. The van der Waals surface area contributed by atoms with Gasteiger partial charge in [0, 0.05) is 33.5 Å². The normalized spacial score (nSPS) is 10.4. The number of amides is 1. The highest BCUT2D eigenvalue weighted by molar-refractivity contribution is 9.10. The van der Waals surface area contributed by atoms with E-state index in [1.165, 1.54) is 0 Å². The smallest absolute Gasteiger partial charge is 0.255 e. The average Bonchev–Trinajstić information content (AvgIpc) is 2.39. The Morgan fingerprint density at radius 2 is 1.89 bits per heavy atom. The maximum absolute atomic E-state index is 12.2. The summed E-state index contributed by atoms with van der Waals surface area (Å²) in [7, 11) is 3.22. The van der Waals surface area contributed by atoms with Crippen LogP contribution in [-0.2, 0) is 9.47 Å². The highest BCUT2D eigenvalue weighted by atomic mass is 79.9. The van der Waals surface area contributed by atoms with Gasteiger partial charge in [0.05, 0.1) is 18.8 Å². The summed E-state index contributed by atoms with van der Waals surface area (Å²) in [6, 6.07) is 3.49. The molecule has 0 spiro atoms. The topological polar surface area (TPSA) is 51.7 Å². The Morgan fingerprint density at radius 3 is 2.33 bits per heavy atom. The van der Waals surface area contributed by atoms with Crippen molar-refractivity contribution in [1.82, 2.24) is 9.88 Å². The number of pyridine rings is 1. The molecule has 0 saturated heterocycles. The number of aromatic nitrogens is 1. The van der Waals surface area contributed by atoms with Crippen LogP contribution < -0.4 is 0 Å². The molecule has 0 saturated carbocycles. The summed E-state index contributed by atoms with van der Waals surface area (Å²) in [4.78, 5) is 18.0. The van der Waals surface area contributed by atoms with E-state index in [1.54, 1.807) is 37.4 Å². The van der Waals surface area contributed by atoms with Gasteiger partial charge in [-0.25, -0.2) is 4.98 Å². The van der Waals surface area contributed by atoms with E-state index in [0.717, 1.165) is 0 Å². The van der Waals surface area contributed by atoms with E-state index in [0.29, 0.717) is 36.5 Å². The van der Waals surface area contributed by atoms with Crippen molar-refractivity contribution in [2.45, 2.75) is 0 Å². The van der Waals surface area contributed by atoms with Crippen molar-refractivity contribution in [3.8, 4) is 0 Å². The molecule has 0 aromatic carbocycles. The summed E-state index contributed by atoms with van der Waals surface area (Å²) in [5, 5.41) is 0. The number of hydrogen-bond donors (Lipinski definition) is 0. The minimum atomic E-state index is -0.0656. The number of ether oxygens (including phenoxy) is 2. The first-order valence-electron chi connectivity index (χ1n) is 5.57. The van der Waals surface area contributed by atoms with Crippen LogP contribution in [0.4, 0.5) is 0 Å². The van der Waals surface area contributed by atoms with Gasteiger partial charge in [-0.05, 0) is 28.1 Å². The second-order valence-electron chi connectivity index (χ2n) is 3.65. The molecule has 18 heavy (non-hydrogen) atoms. The number of carbonyl (C=O) groups is 1. The third kappa shape index (κ3) is 4.72. The molecule has 100 valence electrons. The molecule has 1 amide bonds. The molecular formula is C12H17BrN2O3. The lowest BCUT2D eigenvalue weighted by Gasteiger charge is -2.21. The Hall–Kier alpha value is -0.980. The van der Waals surface area contributed by atoms with Crippen molar-refractivity contribution < 1.29 is 14.3 Å². The number of halogens is 1. The van der Waals surface area contributed by atoms with Crippen molar-refractivity contribution in [1.29, 1.82) is 0 Å². The van der Waals surface area contributed by atoms with Crippen LogP contribution in [0, 0.1) is 0 Å². The molecule has 0 aliphatic heterocycles. The first kappa shape index (κ1) is 15.1. The van der Waals surface area contributed by atoms with Gasteiger partial charge < -0.3 is 14.4 Å². The molecule has 0 unspecified atom stereocenters. The van der Waals surface area contributed by atoms with Crippen LogP contribution in [0.15, 0.2) is 22.9 Å². The Balaban J connectivity index is 2.70. The van der Waals surface area contributed by atoms with Crippen molar-refractivity contribution in [3.63, 3.8) is 0 Å². The minimum Gasteiger partial charge on any atom is -0.383 e. The van der Waals surface area contributed by atoms with E-state index < -0.39 is 0 Å². The van der Waals surface area contributed by atoms with Gasteiger partial charge in [-0.3, -0.25) is 4.79 Å². The third-order valence-electron chi connectivity index (χ3n) is 2.39. The van der Waals surface area contributed by atoms with Crippen LogP contribution in [0.5, 0.6) is 0 Å². The molecule has 0 aliphatic carbocycles. The van der Waals surface area contributed by atoms with E-state index in [1.807, 2.05) is 0 Å². The molecule has 0 fully saturated rings. The first-order valence-corrected chi connectivity index (χ1v) is 6.37.